The van der Waals surface area contributed by atoms with Crippen LogP contribution in [0.2, 0.25) is 0 Å². The number of hydrogen-bond donors (Lipinski definition) is 3. The predicted octanol–water partition coefficient (Wildman–Crippen LogP) is 0.941. The molecular weight excluding hydrogens is 228 g/mol. The van der Waals surface area contributed by atoms with Gasteiger partial charge in [-0.1, -0.05) is 6.07 Å². The van der Waals surface area contributed by atoms with Crippen LogP contribution in [-0.4, -0.2) is 35.8 Å². The number of ether oxygens (including phenoxy) is 1. The molecule has 4 N–H and O–H groups in total. The minimum atomic E-state index is 0.00241. The first kappa shape index (κ1) is 11.6. The normalized spacial score (nSPS) is 22.2. The number of imidazole rings is 1. The first-order valence-corrected chi connectivity index (χ1v) is 6.34. The molecule has 0 radical (unpaired) electrons. The van der Waals surface area contributed by atoms with E-state index >= 15 is 0 Å². The molecule has 0 spiro atoms. The molecule has 1 saturated heterocycles. The Bertz CT molecular complexity index is 518. The molecule has 2 atom stereocenters. The second-order valence-corrected chi connectivity index (χ2v) is 4.72. The van der Waals surface area contributed by atoms with E-state index in [1.807, 2.05) is 12.1 Å². The summed E-state index contributed by atoms with van der Waals surface area (Å²) >= 11 is 0. The first-order valence-electron chi connectivity index (χ1n) is 6.34. The molecule has 1 aliphatic heterocycles. The quantitative estimate of drug-likeness (QED) is 0.753. The summed E-state index contributed by atoms with van der Waals surface area (Å²) in [5.41, 5.74) is 9.38. The number of rotatable bonds is 3. The zero-order valence-electron chi connectivity index (χ0n) is 10.2. The summed E-state index contributed by atoms with van der Waals surface area (Å²) in [5, 5.41) is 3.32. The number of benzene rings is 1. The lowest BCUT2D eigenvalue weighted by atomic mass is 10.0. The third kappa shape index (κ3) is 2.38. The van der Waals surface area contributed by atoms with Gasteiger partial charge in [-0.25, -0.2) is 4.98 Å². The van der Waals surface area contributed by atoms with Crippen LogP contribution in [-0.2, 0) is 4.74 Å². The lowest BCUT2D eigenvalue weighted by Gasteiger charge is -2.26. The van der Waals surface area contributed by atoms with Gasteiger partial charge in [-0.3, -0.25) is 0 Å². The van der Waals surface area contributed by atoms with Crippen LogP contribution in [0.4, 0.5) is 0 Å². The molecule has 0 bridgehead atoms. The fourth-order valence-electron chi connectivity index (χ4n) is 2.37. The third-order valence-corrected chi connectivity index (χ3v) is 3.39. The van der Waals surface area contributed by atoms with Crippen molar-refractivity contribution in [3.05, 3.63) is 30.1 Å². The van der Waals surface area contributed by atoms with Gasteiger partial charge in [-0.05, 0) is 24.1 Å². The highest BCUT2D eigenvalue weighted by Crippen LogP contribution is 2.21. The molecule has 0 saturated carbocycles. The Balaban J connectivity index is 1.72. The highest BCUT2D eigenvalue weighted by atomic mass is 16.5. The van der Waals surface area contributed by atoms with Gasteiger partial charge in [0, 0.05) is 19.1 Å². The molecule has 5 nitrogen and oxygen atoms in total. The van der Waals surface area contributed by atoms with Gasteiger partial charge in [0.25, 0.3) is 0 Å². The fraction of sp³-hybridized carbons (Fsp3) is 0.462. The van der Waals surface area contributed by atoms with Crippen molar-refractivity contribution in [1.29, 1.82) is 0 Å². The highest BCUT2D eigenvalue weighted by Gasteiger charge is 2.18. The van der Waals surface area contributed by atoms with Crippen molar-refractivity contribution in [2.45, 2.75) is 18.6 Å². The summed E-state index contributed by atoms with van der Waals surface area (Å²) in [6.45, 7) is 2.60. The Morgan fingerprint density at radius 2 is 2.44 bits per heavy atom. The van der Waals surface area contributed by atoms with Crippen molar-refractivity contribution in [2.75, 3.05) is 19.7 Å². The molecule has 1 aromatic heterocycles. The predicted molar refractivity (Wildman–Crippen MR) is 70.2 cm³/mol. The van der Waals surface area contributed by atoms with Crippen molar-refractivity contribution < 1.29 is 4.74 Å². The number of aromatic amines is 1. The van der Waals surface area contributed by atoms with Gasteiger partial charge in [0.1, 0.15) is 0 Å². The zero-order valence-corrected chi connectivity index (χ0v) is 10.2. The highest BCUT2D eigenvalue weighted by molar-refractivity contribution is 5.75. The van der Waals surface area contributed by atoms with E-state index < -0.39 is 0 Å². The molecule has 2 aromatic rings. The molecule has 1 aliphatic rings. The molecule has 1 aromatic carbocycles. The Morgan fingerprint density at radius 1 is 1.50 bits per heavy atom. The Morgan fingerprint density at radius 3 is 3.28 bits per heavy atom. The van der Waals surface area contributed by atoms with E-state index in [2.05, 4.69) is 21.4 Å². The number of aromatic nitrogens is 2. The smallest absolute Gasteiger partial charge is 0.0931 e. The maximum Gasteiger partial charge on any atom is 0.0931 e. The number of H-pyrrole nitrogens is 1. The number of nitrogens with two attached hydrogens (primary N) is 1. The summed E-state index contributed by atoms with van der Waals surface area (Å²) in [5.74, 6) is 0. The fourth-order valence-corrected chi connectivity index (χ4v) is 2.37. The van der Waals surface area contributed by atoms with Crippen molar-refractivity contribution in [3.63, 3.8) is 0 Å². The number of nitrogens with zero attached hydrogens (tertiary/aromatic N) is 1. The van der Waals surface area contributed by atoms with Gasteiger partial charge >= 0.3 is 0 Å². The number of nitrogens with one attached hydrogen (secondary N) is 2. The SMILES string of the molecule is NC(CC1CNCCO1)c1ccc2nc[nH]c2c1. The molecule has 2 heterocycles. The van der Waals surface area contributed by atoms with Crippen LogP contribution >= 0.6 is 0 Å². The summed E-state index contributed by atoms with van der Waals surface area (Å²) in [6, 6.07) is 6.12. The van der Waals surface area contributed by atoms with E-state index in [1.165, 1.54) is 0 Å². The number of hydrogen-bond acceptors (Lipinski definition) is 4. The summed E-state index contributed by atoms with van der Waals surface area (Å²) in [6.07, 6.45) is 2.76. The largest absolute Gasteiger partial charge is 0.376 e. The van der Waals surface area contributed by atoms with E-state index in [1.54, 1.807) is 6.33 Å². The van der Waals surface area contributed by atoms with Gasteiger partial charge in [0.15, 0.2) is 0 Å². The van der Waals surface area contributed by atoms with Crippen LogP contribution in [0.3, 0.4) is 0 Å². The Labute approximate surface area is 106 Å². The molecular formula is C13H18N4O. The van der Waals surface area contributed by atoms with Crippen molar-refractivity contribution in [3.8, 4) is 0 Å². The van der Waals surface area contributed by atoms with Gasteiger partial charge in [0.05, 0.1) is 30.1 Å². The van der Waals surface area contributed by atoms with E-state index in [4.69, 9.17) is 10.5 Å². The molecule has 0 aliphatic carbocycles. The molecule has 2 unspecified atom stereocenters. The van der Waals surface area contributed by atoms with Crippen molar-refractivity contribution >= 4 is 11.0 Å². The van der Waals surface area contributed by atoms with Gasteiger partial charge < -0.3 is 20.8 Å². The first-order chi connectivity index (χ1) is 8.83. The van der Waals surface area contributed by atoms with E-state index in [9.17, 15) is 0 Å². The number of morpholine rings is 1. The van der Waals surface area contributed by atoms with Gasteiger partial charge in [-0.2, -0.15) is 0 Å². The second kappa shape index (κ2) is 5.06. The molecule has 3 rings (SSSR count). The average molecular weight is 246 g/mol. The molecule has 1 fully saturated rings. The minimum absolute atomic E-state index is 0.00241. The van der Waals surface area contributed by atoms with Crippen LogP contribution in [0, 0.1) is 0 Å². The van der Waals surface area contributed by atoms with Crippen LogP contribution < -0.4 is 11.1 Å². The van der Waals surface area contributed by atoms with Gasteiger partial charge in [0.2, 0.25) is 0 Å². The lowest BCUT2D eigenvalue weighted by Crippen LogP contribution is -2.40. The Hall–Kier alpha value is -1.43. The van der Waals surface area contributed by atoms with Crippen LogP contribution in [0.15, 0.2) is 24.5 Å². The minimum Gasteiger partial charge on any atom is -0.376 e. The summed E-state index contributed by atoms with van der Waals surface area (Å²) < 4.78 is 5.68. The van der Waals surface area contributed by atoms with E-state index in [0.29, 0.717) is 0 Å². The molecule has 18 heavy (non-hydrogen) atoms. The maximum atomic E-state index is 6.24. The monoisotopic (exact) mass is 246 g/mol. The second-order valence-electron chi connectivity index (χ2n) is 4.72. The lowest BCUT2D eigenvalue weighted by molar-refractivity contribution is 0.0195. The standard InChI is InChI=1S/C13H18N4O/c14-11(6-10-7-15-3-4-18-10)9-1-2-12-13(5-9)17-8-16-12/h1-2,5,8,10-11,15H,3-4,6-7,14H2,(H,16,17). The van der Waals surface area contributed by atoms with Gasteiger partial charge in [-0.15, -0.1) is 0 Å². The van der Waals surface area contributed by atoms with Crippen LogP contribution in [0.25, 0.3) is 11.0 Å². The summed E-state index contributed by atoms with van der Waals surface area (Å²) in [7, 11) is 0. The maximum absolute atomic E-state index is 6.24. The number of fused-ring (bicyclic) bond motifs is 1. The molecule has 96 valence electrons. The van der Waals surface area contributed by atoms with Crippen molar-refractivity contribution in [1.82, 2.24) is 15.3 Å². The zero-order chi connectivity index (χ0) is 12.4. The average Bonchev–Trinajstić information content (AvgIpc) is 2.87. The van der Waals surface area contributed by atoms with Crippen LogP contribution in [0.1, 0.15) is 18.0 Å². The molecule has 5 heteroatoms. The van der Waals surface area contributed by atoms with Crippen LogP contribution in [0.5, 0.6) is 0 Å². The Kier molecular flexibility index (Phi) is 3.27. The van der Waals surface area contributed by atoms with Crippen molar-refractivity contribution in [2.24, 2.45) is 5.73 Å². The van der Waals surface area contributed by atoms with E-state index in [-0.39, 0.29) is 12.1 Å². The topological polar surface area (TPSA) is 76.0 Å². The molecule has 0 amide bonds. The third-order valence-electron chi connectivity index (χ3n) is 3.39. The van der Waals surface area contributed by atoms with E-state index in [0.717, 1.165) is 42.7 Å². The summed E-state index contributed by atoms with van der Waals surface area (Å²) in [4.78, 5) is 7.31.